The minimum Gasteiger partial charge on any atom is -0.317 e. The van der Waals surface area contributed by atoms with Gasteiger partial charge in [0.1, 0.15) is 5.82 Å². The molecule has 0 aliphatic carbocycles. The lowest BCUT2D eigenvalue weighted by atomic mass is 10.1. The standard InChI is InChI=1S/C19H13ClFNOS2/c20-13-6-4-11(5-7-13)12-8-18(24-10-12)22-19(23)17-9-14-15(21)2-1-3-16(14)25-17/h1-8,10,17H,9H2,(H,22,23). The molecule has 4 rings (SSSR count). The number of carbonyl (C=O) groups is 1. The molecule has 2 nitrogen and oxygen atoms in total. The molecule has 6 heteroatoms. The Morgan fingerprint density at radius 2 is 1.96 bits per heavy atom. The summed E-state index contributed by atoms with van der Waals surface area (Å²) in [6.07, 6.45) is 0.425. The van der Waals surface area contributed by atoms with Gasteiger partial charge in [0, 0.05) is 20.9 Å². The minimum absolute atomic E-state index is 0.0925. The number of benzene rings is 2. The summed E-state index contributed by atoms with van der Waals surface area (Å²) in [4.78, 5) is 13.4. The van der Waals surface area contributed by atoms with Crippen molar-refractivity contribution in [2.75, 3.05) is 5.32 Å². The van der Waals surface area contributed by atoms with Crippen molar-refractivity contribution in [1.82, 2.24) is 0 Å². The highest BCUT2D eigenvalue weighted by atomic mass is 35.5. The Morgan fingerprint density at radius 3 is 2.72 bits per heavy atom. The number of anilines is 1. The second-order valence-electron chi connectivity index (χ2n) is 5.72. The fourth-order valence-corrected chi connectivity index (χ4v) is 4.91. The van der Waals surface area contributed by atoms with Crippen LogP contribution in [-0.4, -0.2) is 11.2 Å². The van der Waals surface area contributed by atoms with E-state index in [-0.39, 0.29) is 17.0 Å². The van der Waals surface area contributed by atoms with E-state index in [0.29, 0.717) is 17.0 Å². The molecule has 1 amide bonds. The van der Waals surface area contributed by atoms with Crippen LogP contribution >= 0.6 is 34.7 Å². The summed E-state index contributed by atoms with van der Waals surface area (Å²) in [6, 6.07) is 14.5. The molecule has 0 bridgehead atoms. The molecule has 0 saturated heterocycles. The minimum atomic E-state index is -0.298. The summed E-state index contributed by atoms with van der Waals surface area (Å²) >= 11 is 8.81. The first kappa shape index (κ1) is 16.6. The van der Waals surface area contributed by atoms with E-state index in [4.69, 9.17) is 11.6 Å². The number of hydrogen-bond donors (Lipinski definition) is 1. The Morgan fingerprint density at radius 1 is 1.16 bits per heavy atom. The number of nitrogens with one attached hydrogen (secondary N) is 1. The number of hydrogen-bond acceptors (Lipinski definition) is 3. The third kappa shape index (κ3) is 3.45. The van der Waals surface area contributed by atoms with Gasteiger partial charge in [-0.1, -0.05) is 29.8 Å². The van der Waals surface area contributed by atoms with Gasteiger partial charge in [-0.3, -0.25) is 4.79 Å². The molecule has 1 unspecified atom stereocenters. The lowest BCUT2D eigenvalue weighted by molar-refractivity contribution is -0.115. The van der Waals surface area contributed by atoms with E-state index in [1.807, 2.05) is 41.8 Å². The number of carbonyl (C=O) groups excluding carboxylic acids is 1. The van der Waals surface area contributed by atoms with Gasteiger partial charge in [0.15, 0.2) is 0 Å². The first-order valence-corrected chi connectivity index (χ1v) is 9.83. The second kappa shape index (κ2) is 6.83. The van der Waals surface area contributed by atoms with E-state index in [2.05, 4.69) is 5.32 Å². The fourth-order valence-electron chi connectivity index (χ4n) is 2.77. The number of thioether (sulfide) groups is 1. The Hall–Kier alpha value is -1.82. The summed E-state index contributed by atoms with van der Waals surface area (Å²) < 4.78 is 13.8. The average Bonchev–Trinajstić information content (AvgIpc) is 3.23. The Labute approximate surface area is 158 Å². The van der Waals surface area contributed by atoms with E-state index in [1.54, 1.807) is 6.07 Å². The van der Waals surface area contributed by atoms with Gasteiger partial charge in [0.05, 0.1) is 10.3 Å². The highest BCUT2D eigenvalue weighted by Gasteiger charge is 2.30. The van der Waals surface area contributed by atoms with Crippen LogP contribution in [0.2, 0.25) is 5.02 Å². The van der Waals surface area contributed by atoms with Gasteiger partial charge >= 0.3 is 0 Å². The van der Waals surface area contributed by atoms with Crippen LogP contribution in [0.5, 0.6) is 0 Å². The molecule has 1 aliphatic heterocycles. The van der Waals surface area contributed by atoms with Gasteiger partial charge in [-0.2, -0.15) is 0 Å². The lowest BCUT2D eigenvalue weighted by Gasteiger charge is -2.08. The van der Waals surface area contributed by atoms with E-state index in [0.717, 1.165) is 21.0 Å². The molecule has 1 atom stereocenters. The molecular formula is C19H13ClFNOS2. The third-order valence-corrected chi connectivity index (χ3v) is 6.45. The molecule has 126 valence electrons. The van der Waals surface area contributed by atoms with Crippen molar-refractivity contribution in [2.45, 2.75) is 16.6 Å². The molecule has 1 aliphatic rings. The fraction of sp³-hybridized carbons (Fsp3) is 0.105. The molecule has 0 saturated carbocycles. The van der Waals surface area contributed by atoms with Crippen molar-refractivity contribution in [2.24, 2.45) is 0 Å². The van der Waals surface area contributed by atoms with Gasteiger partial charge in [0.2, 0.25) is 5.91 Å². The number of fused-ring (bicyclic) bond motifs is 1. The number of amides is 1. The molecular weight excluding hydrogens is 377 g/mol. The molecule has 25 heavy (non-hydrogen) atoms. The molecule has 1 aromatic heterocycles. The zero-order valence-electron chi connectivity index (χ0n) is 13.0. The highest BCUT2D eigenvalue weighted by Crippen LogP contribution is 2.39. The van der Waals surface area contributed by atoms with Crippen molar-refractivity contribution in [3.63, 3.8) is 0 Å². The Bertz CT molecular complexity index is 939. The van der Waals surface area contributed by atoms with Crippen molar-refractivity contribution in [3.05, 3.63) is 70.3 Å². The lowest BCUT2D eigenvalue weighted by Crippen LogP contribution is -2.24. The molecule has 3 aromatic rings. The van der Waals surface area contributed by atoms with Crippen LogP contribution in [-0.2, 0) is 11.2 Å². The van der Waals surface area contributed by atoms with Gasteiger partial charge < -0.3 is 5.32 Å². The summed E-state index contributed by atoms with van der Waals surface area (Å²) in [5, 5.41) is 6.12. The first-order chi connectivity index (χ1) is 12.1. The van der Waals surface area contributed by atoms with Crippen LogP contribution in [0.25, 0.3) is 11.1 Å². The van der Waals surface area contributed by atoms with E-state index < -0.39 is 0 Å². The molecule has 1 N–H and O–H groups in total. The van der Waals surface area contributed by atoms with Crippen LogP contribution in [0.4, 0.5) is 9.39 Å². The molecule has 0 fully saturated rings. The summed E-state index contributed by atoms with van der Waals surface area (Å²) in [5.41, 5.74) is 2.72. The van der Waals surface area contributed by atoms with Crippen molar-refractivity contribution >= 4 is 45.6 Å². The number of rotatable bonds is 3. The largest absolute Gasteiger partial charge is 0.317 e. The maximum atomic E-state index is 13.8. The molecule has 2 aromatic carbocycles. The molecule has 2 heterocycles. The Kier molecular flexibility index (Phi) is 4.54. The quantitative estimate of drug-likeness (QED) is 0.607. The van der Waals surface area contributed by atoms with Crippen LogP contribution in [0.15, 0.2) is 58.8 Å². The average molecular weight is 390 g/mol. The van der Waals surface area contributed by atoms with Crippen LogP contribution in [0, 0.1) is 5.82 Å². The first-order valence-electron chi connectivity index (χ1n) is 7.69. The van der Waals surface area contributed by atoms with Crippen molar-refractivity contribution < 1.29 is 9.18 Å². The Balaban J connectivity index is 1.46. The smallest absolute Gasteiger partial charge is 0.238 e. The maximum absolute atomic E-state index is 13.8. The van der Waals surface area contributed by atoms with E-state index >= 15 is 0 Å². The zero-order valence-corrected chi connectivity index (χ0v) is 15.4. The SMILES string of the molecule is O=C(Nc1cc(-c2ccc(Cl)cc2)cs1)C1Cc2c(F)cccc2S1. The van der Waals surface area contributed by atoms with Gasteiger partial charge in [-0.25, -0.2) is 4.39 Å². The maximum Gasteiger partial charge on any atom is 0.238 e. The highest BCUT2D eigenvalue weighted by molar-refractivity contribution is 8.01. The summed E-state index contributed by atoms with van der Waals surface area (Å²) in [6.45, 7) is 0. The van der Waals surface area contributed by atoms with Crippen molar-refractivity contribution in [3.8, 4) is 11.1 Å². The monoisotopic (exact) mass is 389 g/mol. The second-order valence-corrected chi connectivity index (χ2v) is 8.32. The predicted molar refractivity (Wildman–Crippen MR) is 103 cm³/mol. The predicted octanol–water partition coefficient (Wildman–Crippen LogP) is 5.86. The topological polar surface area (TPSA) is 29.1 Å². The molecule has 0 radical (unpaired) electrons. The van der Waals surface area contributed by atoms with Gasteiger partial charge in [-0.15, -0.1) is 23.1 Å². The van der Waals surface area contributed by atoms with Gasteiger partial charge in [-0.05, 0) is 47.9 Å². The third-order valence-electron chi connectivity index (χ3n) is 4.05. The van der Waals surface area contributed by atoms with Crippen LogP contribution in [0.3, 0.4) is 0 Å². The number of halogens is 2. The van der Waals surface area contributed by atoms with Crippen LogP contribution < -0.4 is 5.32 Å². The molecule has 0 spiro atoms. The van der Waals surface area contributed by atoms with E-state index in [1.165, 1.54) is 29.2 Å². The zero-order chi connectivity index (χ0) is 17.4. The summed E-state index contributed by atoms with van der Waals surface area (Å²) in [5.74, 6) is -0.327. The number of thiophene rings is 1. The summed E-state index contributed by atoms with van der Waals surface area (Å²) in [7, 11) is 0. The van der Waals surface area contributed by atoms with E-state index in [9.17, 15) is 9.18 Å². The van der Waals surface area contributed by atoms with Gasteiger partial charge in [0.25, 0.3) is 0 Å². The normalized spacial score (nSPS) is 15.8. The van der Waals surface area contributed by atoms with Crippen molar-refractivity contribution in [1.29, 1.82) is 0 Å². The van der Waals surface area contributed by atoms with Crippen LogP contribution in [0.1, 0.15) is 5.56 Å².